The second kappa shape index (κ2) is 7.53. The molecule has 1 heterocycles. The van der Waals surface area contributed by atoms with Gasteiger partial charge in [-0.1, -0.05) is 6.07 Å². The molecule has 0 amide bonds. The van der Waals surface area contributed by atoms with E-state index in [0.29, 0.717) is 11.6 Å². The Balaban J connectivity index is 1.97. The lowest BCUT2D eigenvalue weighted by molar-refractivity contribution is -0.274. The van der Waals surface area contributed by atoms with Crippen molar-refractivity contribution in [3.63, 3.8) is 0 Å². The number of aromatic nitrogens is 1. The van der Waals surface area contributed by atoms with Crippen LogP contribution in [0.1, 0.15) is 5.56 Å². The highest BCUT2D eigenvalue weighted by molar-refractivity contribution is 5.92. The quantitative estimate of drug-likeness (QED) is 0.646. The molecule has 0 spiro atoms. The number of nitrogens with two attached hydrogens (primary N) is 1. The summed E-state index contributed by atoms with van der Waals surface area (Å²) in [5.74, 6) is 0.233. The van der Waals surface area contributed by atoms with Gasteiger partial charge in [0, 0.05) is 17.4 Å². The predicted octanol–water partition coefficient (Wildman–Crippen LogP) is 2.92. The van der Waals surface area contributed by atoms with Gasteiger partial charge in [-0.25, -0.2) is 9.98 Å². The summed E-state index contributed by atoms with van der Waals surface area (Å²) >= 11 is 0. The van der Waals surface area contributed by atoms with Crippen molar-refractivity contribution in [2.75, 3.05) is 12.4 Å². The molecule has 1 aromatic heterocycles. The molecule has 0 fully saturated rings. The van der Waals surface area contributed by atoms with Gasteiger partial charge in [0.25, 0.3) is 0 Å². The van der Waals surface area contributed by atoms with E-state index in [-0.39, 0.29) is 18.3 Å². The molecule has 0 atom stereocenters. The number of benzene rings is 1. The highest BCUT2D eigenvalue weighted by Crippen LogP contribution is 2.23. The van der Waals surface area contributed by atoms with Crippen molar-refractivity contribution in [3.8, 4) is 11.6 Å². The number of pyridine rings is 1. The van der Waals surface area contributed by atoms with Gasteiger partial charge in [-0.2, -0.15) is 0 Å². The van der Waals surface area contributed by atoms with E-state index in [9.17, 15) is 13.2 Å². The van der Waals surface area contributed by atoms with Crippen LogP contribution in [0.5, 0.6) is 11.6 Å². The third kappa shape index (κ3) is 5.34. The normalized spacial score (nSPS) is 11.9. The lowest BCUT2D eigenvalue weighted by Crippen LogP contribution is -2.22. The smallest absolute Gasteiger partial charge is 0.481 e. The summed E-state index contributed by atoms with van der Waals surface area (Å²) in [6.07, 6.45) is -3.13. The van der Waals surface area contributed by atoms with E-state index in [1.807, 2.05) is 0 Å². The maximum Gasteiger partial charge on any atom is 0.573 e. The number of methoxy groups -OCH3 is 1. The fourth-order valence-corrected chi connectivity index (χ4v) is 1.83. The monoisotopic (exact) mass is 340 g/mol. The van der Waals surface area contributed by atoms with Crippen LogP contribution in [-0.2, 0) is 6.54 Å². The van der Waals surface area contributed by atoms with Crippen molar-refractivity contribution in [2.45, 2.75) is 12.9 Å². The molecule has 24 heavy (non-hydrogen) atoms. The highest BCUT2D eigenvalue weighted by atomic mass is 19.4. The molecule has 2 aromatic rings. The van der Waals surface area contributed by atoms with Crippen molar-refractivity contribution in [2.24, 2.45) is 10.7 Å². The number of hydrogen-bond donors (Lipinski definition) is 2. The number of nitrogens with one attached hydrogen (secondary N) is 1. The van der Waals surface area contributed by atoms with Crippen LogP contribution in [0.25, 0.3) is 0 Å². The van der Waals surface area contributed by atoms with Crippen molar-refractivity contribution in [1.82, 2.24) is 4.98 Å². The molecular weight excluding hydrogens is 325 g/mol. The number of halogens is 3. The Morgan fingerprint density at radius 3 is 2.58 bits per heavy atom. The predicted molar refractivity (Wildman–Crippen MR) is 82.9 cm³/mol. The minimum Gasteiger partial charge on any atom is -0.481 e. The SMILES string of the molecule is COc1ncccc1CN=C(N)Nc1ccc(OC(F)(F)F)cc1. The van der Waals surface area contributed by atoms with Gasteiger partial charge in [0.15, 0.2) is 5.96 Å². The second-order valence-corrected chi connectivity index (χ2v) is 4.57. The van der Waals surface area contributed by atoms with Crippen LogP contribution in [0.4, 0.5) is 18.9 Å². The summed E-state index contributed by atoms with van der Waals surface area (Å²) in [6, 6.07) is 8.69. The Labute approximate surface area is 136 Å². The van der Waals surface area contributed by atoms with Crippen molar-refractivity contribution in [3.05, 3.63) is 48.2 Å². The zero-order chi connectivity index (χ0) is 17.6. The third-order valence-electron chi connectivity index (χ3n) is 2.82. The molecule has 2 rings (SSSR count). The van der Waals surface area contributed by atoms with Crippen LogP contribution in [0.2, 0.25) is 0 Å². The van der Waals surface area contributed by atoms with Crippen molar-refractivity contribution < 1.29 is 22.6 Å². The van der Waals surface area contributed by atoms with Gasteiger partial charge in [-0.15, -0.1) is 13.2 Å². The van der Waals surface area contributed by atoms with Crippen LogP contribution in [0.3, 0.4) is 0 Å². The van der Waals surface area contributed by atoms with Crippen LogP contribution < -0.4 is 20.5 Å². The molecule has 0 saturated carbocycles. The topological polar surface area (TPSA) is 81.8 Å². The second-order valence-electron chi connectivity index (χ2n) is 4.57. The summed E-state index contributed by atoms with van der Waals surface area (Å²) in [4.78, 5) is 8.17. The first-order chi connectivity index (χ1) is 11.4. The molecule has 1 aromatic carbocycles. The summed E-state index contributed by atoms with van der Waals surface area (Å²) in [5.41, 5.74) is 6.98. The van der Waals surface area contributed by atoms with Gasteiger partial charge in [0.05, 0.1) is 13.7 Å². The number of nitrogens with zero attached hydrogens (tertiary/aromatic N) is 2. The molecule has 0 unspecified atom stereocenters. The molecule has 0 aliphatic heterocycles. The zero-order valence-corrected chi connectivity index (χ0v) is 12.7. The van der Waals surface area contributed by atoms with E-state index >= 15 is 0 Å². The first-order valence-corrected chi connectivity index (χ1v) is 6.78. The summed E-state index contributed by atoms with van der Waals surface area (Å²) < 4.78 is 45.1. The van der Waals surface area contributed by atoms with E-state index in [1.165, 1.54) is 31.4 Å². The molecule has 0 aliphatic rings. The summed E-state index contributed by atoms with van der Waals surface area (Å²) in [6.45, 7) is 0.241. The Morgan fingerprint density at radius 2 is 1.96 bits per heavy atom. The third-order valence-corrected chi connectivity index (χ3v) is 2.82. The van der Waals surface area contributed by atoms with Gasteiger partial charge in [0.1, 0.15) is 5.75 Å². The van der Waals surface area contributed by atoms with Crippen LogP contribution >= 0.6 is 0 Å². The molecule has 3 N–H and O–H groups in total. The number of rotatable bonds is 5. The van der Waals surface area contributed by atoms with E-state index in [2.05, 4.69) is 20.0 Å². The van der Waals surface area contributed by atoms with E-state index < -0.39 is 6.36 Å². The van der Waals surface area contributed by atoms with E-state index in [4.69, 9.17) is 10.5 Å². The number of hydrogen-bond acceptors (Lipinski definition) is 4. The number of alkyl halides is 3. The fourth-order valence-electron chi connectivity index (χ4n) is 1.83. The number of aliphatic imine (C=N–C) groups is 1. The molecular formula is C15H15F3N4O2. The molecule has 0 aliphatic carbocycles. The zero-order valence-electron chi connectivity index (χ0n) is 12.7. The van der Waals surface area contributed by atoms with Crippen molar-refractivity contribution in [1.29, 1.82) is 0 Å². The Kier molecular flexibility index (Phi) is 5.46. The first-order valence-electron chi connectivity index (χ1n) is 6.78. The van der Waals surface area contributed by atoms with Crippen LogP contribution in [0, 0.1) is 0 Å². The van der Waals surface area contributed by atoms with E-state index in [1.54, 1.807) is 18.3 Å². The molecule has 0 radical (unpaired) electrons. The molecule has 0 bridgehead atoms. The number of guanidine groups is 1. The Hall–Kier alpha value is -2.97. The maximum atomic E-state index is 12.1. The average Bonchev–Trinajstić information content (AvgIpc) is 2.53. The summed E-state index contributed by atoms with van der Waals surface area (Å²) in [7, 11) is 1.50. The molecule has 9 heteroatoms. The Morgan fingerprint density at radius 1 is 1.25 bits per heavy atom. The minimum atomic E-state index is -4.72. The fraction of sp³-hybridized carbons (Fsp3) is 0.200. The van der Waals surface area contributed by atoms with Gasteiger partial charge in [0.2, 0.25) is 5.88 Å². The Bertz CT molecular complexity index is 703. The average molecular weight is 340 g/mol. The lowest BCUT2D eigenvalue weighted by Gasteiger charge is -2.10. The van der Waals surface area contributed by atoms with Crippen molar-refractivity contribution >= 4 is 11.6 Å². The number of ether oxygens (including phenoxy) is 2. The standard InChI is InChI=1S/C15H15F3N4O2/c1-23-13-10(3-2-8-20-13)9-21-14(19)22-11-4-6-12(7-5-11)24-15(16,17)18/h2-8H,9H2,1H3,(H3,19,21,22). The molecule has 128 valence electrons. The highest BCUT2D eigenvalue weighted by Gasteiger charge is 2.30. The molecule has 6 nitrogen and oxygen atoms in total. The van der Waals surface area contributed by atoms with Crippen LogP contribution in [0.15, 0.2) is 47.6 Å². The van der Waals surface area contributed by atoms with E-state index in [0.717, 1.165) is 5.56 Å². The lowest BCUT2D eigenvalue weighted by atomic mass is 10.3. The first kappa shape index (κ1) is 17.4. The molecule has 0 saturated heterocycles. The van der Waals surface area contributed by atoms with Gasteiger partial charge in [-0.05, 0) is 30.3 Å². The summed E-state index contributed by atoms with van der Waals surface area (Å²) in [5, 5.41) is 2.77. The van der Waals surface area contributed by atoms with Gasteiger partial charge < -0.3 is 20.5 Å². The number of anilines is 1. The van der Waals surface area contributed by atoms with Crippen LogP contribution in [-0.4, -0.2) is 24.4 Å². The minimum absolute atomic E-state index is 0.102. The largest absolute Gasteiger partial charge is 0.573 e. The maximum absolute atomic E-state index is 12.1. The van der Waals surface area contributed by atoms with Gasteiger partial charge >= 0.3 is 6.36 Å². The van der Waals surface area contributed by atoms with Gasteiger partial charge in [-0.3, -0.25) is 0 Å².